The van der Waals surface area contributed by atoms with Gasteiger partial charge in [-0.2, -0.15) is 8.78 Å². The average Bonchev–Trinajstić information content (AvgIpc) is 2.46. The van der Waals surface area contributed by atoms with E-state index < -0.39 is 16.6 Å². The molecule has 1 heterocycles. The lowest BCUT2D eigenvalue weighted by atomic mass is 10.2. The zero-order chi connectivity index (χ0) is 11.6. The summed E-state index contributed by atoms with van der Waals surface area (Å²) in [6.07, 6.45) is 0. The zero-order valence-corrected chi connectivity index (χ0v) is 9.60. The summed E-state index contributed by atoms with van der Waals surface area (Å²) in [5, 5.41) is 3.30. The van der Waals surface area contributed by atoms with Crippen molar-refractivity contribution in [3.8, 4) is 0 Å². The zero-order valence-electron chi connectivity index (χ0n) is 8.01. The molecule has 0 aliphatic heterocycles. The molecular formula is C8H8BrF2NO3. The molecule has 0 spiro atoms. The molecule has 0 bridgehead atoms. The van der Waals surface area contributed by atoms with E-state index in [9.17, 15) is 13.6 Å². The van der Waals surface area contributed by atoms with Gasteiger partial charge in [0.25, 0.3) is 0 Å². The van der Waals surface area contributed by atoms with Crippen molar-refractivity contribution in [3.63, 3.8) is 0 Å². The highest BCUT2D eigenvalue weighted by molar-refractivity contribution is 9.09. The highest BCUT2D eigenvalue weighted by atomic mass is 79.9. The van der Waals surface area contributed by atoms with Gasteiger partial charge < -0.3 is 9.26 Å². The van der Waals surface area contributed by atoms with E-state index in [2.05, 4.69) is 30.3 Å². The summed E-state index contributed by atoms with van der Waals surface area (Å²) in [6, 6.07) is 0. The van der Waals surface area contributed by atoms with Crippen LogP contribution in [0.25, 0.3) is 0 Å². The first-order valence-electron chi connectivity index (χ1n) is 4.08. The lowest BCUT2D eigenvalue weighted by Gasteiger charge is -2.06. The van der Waals surface area contributed by atoms with Gasteiger partial charge in [0.1, 0.15) is 5.56 Å². The molecule has 84 valence electrons. The second-order valence-electron chi connectivity index (χ2n) is 2.69. The molecule has 0 saturated carbocycles. The lowest BCUT2D eigenvalue weighted by molar-refractivity contribution is 0.0481. The second-order valence-corrected chi connectivity index (χ2v) is 3.69. The maximum atomic E-state index is 12.9. The second kappa shape index (κ2) is 4.26. The first kappa shape index (κ1) is 12.1. The van der Waals surface area contributed by atoms with Crippen LogP contribution in [0.2, 0.25) is 0 Å². The van der Waals surface area contributed by atoms with Crippen LogP contribution in [-0.2, 0) is 9.57 Å². The number of nitrogens with zero attached hydrogens (tertiary/aromatic N) is 1. The largest absolute Gasteiger partial charge is 0.462 e. The van der Waals surface area contributed by atoms with Crippen molar-refractivity contribution in [1.82, 2.24) is 5.16 Å². The quantitative estimate of drug-likeness (QED) is 0.632. The third kappa shape index (κ3) is 2.53. The van der Waals surface area contributed by atoms with Crippen LogP contribution >= 0.6 is 15.9 Å². The van der Waals surface area contributed by atoms with Crippen molar-refractivity contribution < 1.29 is 22.8 Å². The smallest absolute Gasteiger partial charge is 0.361 e. The fourth-order valence-electron chi connectivity index (χ4n) is 1.01. The average molecular weight is 284 g/mol. The van der Waals surface area contributed by atoms with Gasteiger partial charge in [0, 0.05) is 0 Å². The molecule has 4 nitrogen and oxygen atoms in total. The fraction of sp³-hybridized carbons (Fsp3) is 0.500. The van der Waals surface area contributed by atoms with Gasteiger partial charge in [0.05, 0.1) is 12.3 Å². The van der Waals surface area contributed by atoms with Gasteiger partial charge in [-0.25, -0.2) is 4.79 Å². The number of esters is 1. The summed E-state index contributed by atoms with van der Waals surface area (Å²) in [6.45, 7) is 3.06. The molecule has 0 N–H and O–H groups in total. The molecule has 1 aromatic rings. The lowest BCUT2D eigenvalue weighted by Crippen LogP contribution is -2.12. The SMILES string of the molecule is CCOC(=O)c1c(C)noc1C(F)(F)Br. The maximum absolute atomic E-state index is 12.9. The predicted molar refractivity (Wildman–Crippen MR) is 50.0 cm³/mol. The fourth-order valence-corrected chi connectivity index (χ4v) is 1.28. The van der Waals surface area contributed by atoms with Crippen molar-refractivity contribution in [2.75, 3.05) is 6.61 Å². The molecule has 0 amide bonds. The van der Waals surface area contributed by atoms with E-state index in [0.29, 0.717) is 0 Å². The van der Waals surface area contributed by atoms with Crippen LogP contribution in [0.5, 0.6) is 0 Å². The Balaban J connectivity index is 3.16. The minimum Gasteiger partial charge on any atom is -0.462 e. The molecule has 0 saturated heterocycles. The van der Waals surface area contributed by atoms with Crippen LogP contribution in [0.3, 0.4) is 0 Å². The first-order valence-corrected chi connectivity index (χ1v) is 4.87. The minimum absolute atomic E-state index is 0.0718. The molecule has 15 heavy (non-hydrogen) atoms. The van der Waals surface area contributed by atoms with Gasteiger partial charge in [-0.15, -0.1) is 0 Å². The summed E-state index contributed by atoms with van der Waals surface area (Å²) in [4.78, 5) is 7.88. The van der Waals surface area contributed by atoms with Crippen LogP contribution in [0.4, 0.5) is 8.78 Å². The van der Waals surface area contributed by atoms with E-state index in [1.807, 2.05) is 0 Å². The topological polar surface area (TPSA) is 52.3 Å². The van der Waals surface area contributed by atoms with Gasteiger partial charge >= 0.3 is 10.8 Å². The molecule has 0 aromatic carbocycles. The molecular weight excluding hydrogens is 276 g/mol. The predicted octanol–water partition coefficient (Wildman–Crippen LogP) is 2.60. The van der Waals surface area contributed by atoms with E-state index >= 15 is 0 Å². The van der Waals surface area contributed by atoms with Crippen LogP contribution in [0.15, 0.2) is 4.52 Å². The summed E-state index contributed by atoms with van der Waals surface area (Å²) in [5.41, 5.74) is -0.263. The number of hydrogen-bond donors (Lipinski definition) is 0. The van der Waals surface area contributed by atoms with Gasteiger partial charge in [0.2, 0.25) is 5.76 Å². The Morgan fingerprint density at radius 3 is 2.73 bits per heavy atom. The Labute approximate surface area is 92.7 Å². The number of ether oxygens (including phenoxy) is 1. The Morgan fingerprint density at radius 2 is 2.27 bits per heavy atom. The van der Waals surface area contributed by atoms with E-state index in [1.54, 1.807) is 6.92 Å². The standard InChI is InChI=1S/C8H8BrF2NO3/c1-3-14-7(13)5-4(2)12-15-6(5)8(9,10)11/h3H2,1-2H3. The van der Waals surface area contributed by atoms with Crippen molar-refractivity contribution in [3.05, 3.63) is 17.0 Å². The molecule has 1 aromatic heterocycles. The van der Waals surface area contributed by atoms with E-state index in [4.69, 9.17) is 0 Å². The Hall–Kier alpha value is -0.980. The van der Waals surface area contributed by atoms with Crippen molar-refractivity contribution in [2.45, 2.75) is 18.7 Å². The number of carbonyl (C=O) groups is 1. The summed E-state index contributed by atoms with van der Waals surface area (Å²) in [5.74, 6) is -1.70. The Bertz CT molecular complexity index is 372. The van der Waals surface area contributed by atoms with Gasteiger partial charge in [-0.1, -0.05) is 5.16 Å². The third-order valence-corrected chi connectivity index (χ3v) is 1.96. The summed E-state index contributed by atoms with van der Waals surface area (Å²) >= 11 is 2.10. The first-order chi connectivity index (χ1) is 6.88. The Kier molecular flexibility index (Phi) is 3.43. The summed E-state index contributed by atoms with van der Waals surface area (Å²) < 4.78 is 34.8. The number of alkyl halides is 3. The number of rotatable bonds is 3. The summed E-state index contributed by atoms with van der Waals surface area (Å²) in [7, 11) is 0. The number of hydrogen-bond acceptors (Lipinski definition) is 4. The highest BCUT2D eigenvalue weighted by Crippen LogP contribution is 2.37. The molecule has 0 radical (unpaired) electrons. The van der Waals surface area contributed by atoms with Crippen molar-refractivity contribution >= 4 is 21.9 Å². The van der Waals surface area contributed by atoms with Crippen LogP contribution < -0.4 is 0 Å². The van der Waals surface area contributed by atoms with Gasteiger partial charge in [0.15, 0.2) is 0 Å². The van der Waals surface area contributed by atoms with E-state index in [0.717, 1.165) is 0 Å². The molecule has 0 aliphatic rings. The Morgan fingerprint density at radius 1 is 1.67 bits per heavy atom. The van der Waals surface area contributed by atoms with Crippen LogP contribution in [0.1, 0.15) is 28.7 Å². The van der Waals surface area contributed by atoms with Crippen molar-refractivity contribution in [2.24, 2.45) is 0 Å². The van der Waals surface area contributed by atoms with E-state index in [1.165, 1.54) is 6.92 Å². The molecule has 0 atom stereocenters. The normalized spacial score (nSPS) is 11.5. The van der Waals surface area contributed by atoms with Gasteiger partial charge in [-0.05, 0) is 29.8 Å². The van der Waals surface area contributed by atoms with Crippen molar-refractivity contribution in [1.29, 1.82) is 0 Å². The van der Waals surface area contributed by atoms with Crippen LogP contribution in [-0.4, -0.2) is 17.7 Å². The number of carbonyl (C=O) groups excluding carboxylic acids is 1. The molecule has 7 heteroatoms. The number of aromatic nitrogens is 1. The van der Waals surface area contributed by atoms with Crippen LogP contribution in [0, 0.1) is 6.92 Å². The third-order valence-electron chi connectivity index (χ3n) is 1.60. The van der Waals surface area contributed by atoms with E-state index in [-0.39, 0.29) is 17.9 Å². The molecule has 0 aliphatic carbocycles. The number of halogens is 3. The minimum atomic E-state index is -3.43. The highest BCUT2D eigenvalue weighted by Gasteiger charge is 2.39. The number of aryl methyl sites for hydroxylation is 1. The molecule has 1 rings (SSSR count). The van der Waals surface area contributed by atoms with Gasteiger partial charge in [-0.3, -0.25) is 0 Å². The molecule has 0 fully saturated rings. The molecule has 0 unspecified atom stereocenters. The monoisotopic (exact) mass is 283 g/mol. The maximum Gasteiger partial charge on any atom is 0.361 e.